The van der Waals surface area contributed by atoms with Crippen molar-refractivity contribution in [2.24, 2.45) is 11.7 Å². The van der Waals surface area contributed by atoms with Crippen LogP contribution in [0, 0.1) is 5.92 Å². The third-order valence-corrected chi connectivity index (χ3v) is 2.91. The van der Waals surface area contributed by atoms with Gasteiger partial charge in [0.1, 0.15) is 0 Å². The lowest BCUT2D eigenvalue weighted by Crippen LogP contribution is -2.43. The molecule has 1 atom stereocenters. The molecule has 3 N–H and O–H groups in total. The van der Waals surface area contributed by atoms with Gasteiger partial charge in [0.2, 0.25) is 5.91 Å². The van der Waals surface area contributed by atoms with Crippen molar-refractivity contribution in [3.63, 3.8) is 0 Å². The number of rotatable bonds is 9. The Morgan fingerprint density at radius 2 is 1.81 bits per heavy atom. The molecule has 0 aliphatic carbocycles. The van der Waals surface area contributed by atoms with Gasteiger partial charge in [-0.2, -0.15) is 0 Å². The summed E-state index contributed by atoms with van der Waals surface area (Å²) in [4.78, 5) is 11.6. The fourth-order valence-electron chi connectivity index (χ4n) is 1.67. The Labute approximate surface area is 100 Å². The van der Waals surface area contributed by atoms with E-state index in [1.54, 1.807) is 0 Å². The minimum atomic E-state index is 0.128. The van der Waals surface area contributed by atoms with Crippen molar-refractivity contribution in [2.45, 2.75) is 65.3 Å². The van der Waals surface area contributed by atoms with Crippen LogP contribution >= 0.6 is 0 Å². The first-order valence-corrected chi connectivity index (χ1v) is 6.61. The lowest BCUT2D eigenvalue weighted by molar-refractivity contribution is -0.122. The molecule has 0 fully saturated rings. The van der Waals surface area contributed by atoms with Crippen LogP contribution in [0.25, 0.3) is 0 Å². The lowest BCUT2D eigenvalue weighted by atomic mass is 10.0. The molecule has 16 heavy (non-hydrogen) atoms. The van der Waals surface area contributed by atoms with Crippen LogP contribution in [0.15, 0.2) is 0 Å². The number of nitrogens with one attached hydrogen (secondary N) is 1. The number of carbonyl (C=O) groups excluding carboxylic acids is 1. The van der Waals surface area contributed by atoms with Crippen LogP contribution in [0.3, 0.4) is 0 Å². The molecule has 0 aromatic carbocycles. The van der Waals surface area contributed by atoms with E-state index >= 15 is 0 Å². The van der Waals surface area contributed by atoms with Gasteiger partial charge in [-0.1, -0.05) is 46.5 Å². The summed E-state index contributed by atoms with van der Waals surface area (Å²) in [6.07, 6.45) is 6.58. The molecule has 0 aromatic rings. The minimum absolute atomic E-state index is 0.128. The van der Waals surface area contributed by atoms with Crippen LogP contribution < -0.4 is 11.1 Å². The molecule has 0 heterocycles. The minimum Gasteiger partial charge on any atom is -0.352 e. The zero-order valence-electron chi connectivity index (χ0n) is 11.1. The Bertz CT molecular complexity index is 181. The molecule has 3 heteroatoms. The summed E-state index contributed by atoms with van der Waals surface area (Å²) in [6.45, 7) is 6.89. The molecule has 0 radical (unpaired) electrons. The fraction of sp³-hybridized carbons (Fsp3) is 0.923. The highest BCUT2D eigenvalue weighted by molar-refractivity contribution is 5.76. The van der Waals surface area contributed by atoms with E-state index in [1.807, 2.05) is 0 Å². The van der Waals surface area contributed by atoms with E-state index in [-0.39, 0.29) is 11.9 Å². The maximum Gasteiger partial charge on any atom is 0.220 e. The molecular weight excluding hydrogens is 200 g/mol. The van der Waals surface area contributed by atoms with Crippen LogP contribution in [0.4, 0.5) is 0 Å². The van der Waals surface area contributed by atoms with Gasteiger partial charge in [0, 0.05) is 19.0 Å². The van der Waals surface area contributed by atoms with Gasteiger partial charge in [-0.15, -0.1) is 0 Å². The van der Waals surface area contributed by atoms with E-state index in [9.17, 15) is 4.79 Å². The number of amides is 1. The first-order valence-electron chi connectivity index (χ1n) is 6.61. The second-order valence-electron chi connectivity index (χ2n) is 4.82. The Morgan fingerprint density at radius 1 is 1.19 bits per heavy atom. The van der Waals surface area contributed by atoms with Crippen molar-refractivity contribution in [3.05, 3.63) is 0 Å². The van der Waals surface area contributed by atoms with Crippen molar-refractivity contribution in [1.82, 2.24) is 5.32 Å². The van der Waals surface area contributed by atoms with Gasteiger partial charge >= 0.3 is 0 Å². The number of hydrogen-bond donors (Lipinski definition) is 2. The Morgan fingerprint density at radius 3 is 2.31 bits per heavy atom. The predicted molar refractivity (Wildman–Crippen MR) is 69.2 cm³/mol. The Hall–Kier alpha value is -0.570. The second-order valence-corrected chi connectivity index (χ2v) is 4.82. The van der Waals surface area contributed by atoms with Gasteiger partial charge in [0.05, 0.1) is 0 Å². The second kappa shape index (κ2) is 9.64. The molecule has 1 amide bonds. The summed E-state index contributed by atoms with van der Waals surface area (Å²) in [5.41, 5.74) is 5.60. The third kappa shape index (κ3) is 7.69. The van der Waals surface area contributed by atoms with Crippen molar-refractivity contribution in [2.75, 3.05) is 6.54 Å². The first-order chi connectivity index (χ1) is 7.61. The number of unbranched alkanes of at least 4 members (excludes halogenated alkanes) is 4. The fourth-order valence-corrected chi connectivity index (χ4v) is 1.67. The van der Waals surface area contributed by atoms with Gasteiger partial charge in [-0.25, -0.2) is 0 Å². The van der Waals surface area contributed by atoms with E-state index in [2.05, 4.69) is 26.1 Å². The monoisotopic (exact) mass is 228 g/mol. The number of carbonyl (C=O) groups is 1. The molecule has 0 saturated carbocycles. The van der Waals surface area contributed by atoms with Crippen molar-refractivity contribution in [3.8, 4) is 0 Å². The van der Waals surface area contributed by atoms with Crippen LogP contribution in [0.2, 0.25) is 0 Å². The summed E-state index contributed by atoms with van der Waals surface area (Å²) in [6, 6.07) is 0.128. The van der Waals surface area contributed by atoms with Crippen molar-refractivity contribution in [1.29, 1.82) is 0 Å². The van der Waals surface area contributed by atoms with Gasteiger partial charge in [0.25, 0.3) is 0 Å². The van der Waals surface area contributed by atoms with Crippen molar-refractivity contribution < 1.29 is 4.79 Å². The molecule has 0 aromatic heterocycles. The average Bonchev–Trinajstić information content (AvgIpc) is 2.25. The maximum atomic E-state index is 11.6. The first kappa shape index (κ1) is 15.4. The van der Waals surface area contributed by atoms with E-state index in [0.717, 1.165) is 12.8 Å². The quantitative estimate of drug-likeness (QED) is 0.596. The number of nitrogens with two attached hydrogens (primary N) is 1. The van der Waals surface area contributed by atoms with Gasteiger partial charge in [-0.3, -0.25) is 4.79 Å². The molecule has 0 aliphatic heterocycles. The summed E-state index contributed by atoms with van der Waals surface area (Å²) in [5.74, 6) is 0.565. The smallest absolute Gasteiger partial charge is 0.220 e. The summed E-state index contributed by atoms with van der Waals surface area (Å²) < 4.78 is 0. The molecule has 0 spiro atoms. The lowest BCUT2D eigenvalue weighted by Gasteiger charge is -2.20. The van der Waals surface area contributed by atoms with E-state index in [0.29, 0.717) is 18.9 Å². The van der Waals surface area contributed by atoms with E-state index in [1.165, 1.54) is 19.3 Å². The number of hydrogen-bond acceptors (Lipinski definition) is 2. The summed E-state index contributed by atoms with van der Waals surface area (Å²) >= 11 is 0. The highest BCUT2D eigenvalue weighted by Gasteiger charge is 2.13. The highest BCUT2D eigenvalue weighted by atomic mass is 16.1. The average molecular weight is 228 g/mol. The normalized spacial score (nSPS) is 12.8. The molecule has 3 nitrogen and oxygen atoms in total. The largest absolute Gasteiger partial charge is 0.352 e. The molecular formula is C13H28N2O. The van der Waals surface area contributed by atoms with Crippen molar-refractivity contribution >= 4 is 5.91 Å². The summed E-state index contributed by atoms with van der Waals surface area (Å²) in [5, 5.41) is 2.99. The standard InChI is InChI=1S/C13H28N2O/c1-4-5-6-7-8-9-13(16)15-12(10-14)11(2)3/h11-12H,4-10,14H2,1-3H3,(H,15,16). The van der Waals surface area contributed by atoms with E-state index < -0.39 is 0 Å². The van der Waals surface area contributed by atoms with Crippen LogP contribution in [0.5, 0.6) is 0 Å². The van der Waals surface area contributed by atoms with Gasteiger partial charge in [0.15, 0.2) is 0 Å². The highest BCUT2D eigenvalue weighted by Crippen LogP contribution is 2.06. The molecule has 1 unspecified atom stereocenters. The zero-order valence-corrected chi connectivity index (χ0v) is 11.1. The Kier molecular flexibility index (Phi) is 9.30. The topological polar surface area (TPSA) is 55.1 Å². The predicted octanol–water partition coefficient (Wildman–Crippen LogP) is 2.45. The summed E-state index contributed by atoms with van der Waals surface area (Å²) in [7, 11) is 0. The maximum absolute atomic E-state index is 11.6. The SMILES string of the molecule is CCCCCCCC(=O)NC(CN)C(C)C. The molecule has 0 rings (SSSR count). The Balaban J connectivity index is 3.57. The zero-order chi connectivity index (χ0) is 12.4. The molecule has 96 valence electrons. The molecule has 0 bridgehead atoms. The third-order valence-electron chi connectivity index (χ3n) is 2.91. The van der Waals surface area contributed by atoms with Crippen LogP contribution in [0.1, 0.15) is 59.3 Å². The molecule has 0 aliphatic rings. The van der Waals surface area contributed by atoms with Gasteiger partial charge in [-0.05, 0) is 12.3 Å². The van der Waals surface area contributed by atoms with Gasteiger partial charge < -0.3 is 11.1 Å². The van der Waals surface area contributed by atoms with E-state index in [4.69, 9.17) is 5.73 Å². The van der Waals surface area contributed by atoms with Crippen LogP contribution in [-0.2, 0) is 4.79 Å². The van der Waals surface area contributed by atoms with Crippen LogP contribution in [-0.4, -0.2) is 18.5 Å². The molecule has 0 saturated heterocycles.